The van der Waals surface area contributed by atoms with Gasteiger partial charge in [-0.05, 0) is 56.2 Å². The summed E-state index contributed by atoms with van der Waals surface area (Å²) < 4.78 is 54.1. The van der Waals surface area contributed by atoms with Crippen LogP contribution in [0.5, 0.6) is 0 Å². The highest BCUT2D eigenvalue weighted by Crippen LogP contribution is 2.37. The van der Waals surface area contributed by atoms with Crippen molar-refractivity contribution in [3.8, 4) is 0 Å². The van der Waals surface area contributed by atoms with Crippen LogP contribution in [0, 0.1) is 11.7 Å². The molecule has 2 heterocycles. The second-order valence-corrected chi connectivity index (χ2v) is 10.2. The Kier molecular flexibility index (Phi) is 6.89. The van der Waals surface area contributed by atoms with E-state index in [-0.39, 0.29) is 18.0 Å². The van der Waals surface area contributed by atoms with Gasteiger partial charge in [0.1, 0.15) is 18.0 Å². The second-order valence-electron chi connectivity index (χ2n) is 10.2. The van der Waals surface area contributed by atoms with Gasteiger partial charge in [-0.3, -0.25) is 4.79 Å². The third-order valence-electron chi connectivity index (χ3n) is 7.62. The molecule has 6 nitrogen and oxygen atoms in total. The molecule has 0 spiro atoms. The first-order valence-corrected chi connectivity index (χ1v) is 12.7. The molecule has 3 aliphatic rings. The smallest absolute Gasteiger partial charge is 0.353 e. The summed E-state index contributed by atoms with van der Waals surface area (Å²) in [4.78, 5) is 26.4. The lowest BCUT2D eigenvalue weighted by molar-refractivity contribution is -0.137. The second kappa shape index (κ2) is 9.95. The number of aromatic nitrogens is 2. The molecule has 1 amide bonds. The monoisotopic (exact) mass is 505 g/mol. The molecule has 1 aromatic carbocycles. The third kappa shape index (κ3) is 5.19. The van der Waals surface area contributed by atoms with Crippen molar-refractivity contribution >= 4 is 11.7 Å². The highest BCUT2D eigenvalue weighted by atomic mass is 19.4. The van der Waals surface area contributed by atoms with Crippen LogP contribution in [0.2, 0.25) is 0 Å². The predicted octanol–water partition coefficient (Wildman–Crippen LogP) is 4.12. The van der Waals surface area contributed by atoms with Crippen molar-refractivity contribution in [3.63, 3.8) is 0 Å². The van der Waals surface area contributed by atoms with Crippen LogP contribution in [-0.2, 0) is 17.4 Å². The Morgan fingerprint density at radius 1 is 1.14 bits per heavy atom. The van der Waals surface area contributed by atoms with E-state index in [1.165, 1.54) is 5.56 Å². The van der Waals surface area contributed by atoms with Gasteiger partial charge >= 0.3 is 6.18 Å². The molecule has 5 rings (SSSR count). The lowest BCUT2D eigenvalue weighted by Gasteiger charge is -2.38. The maximum Gasteiger partial charge on any atom is 0.416 e. The molecule has 0 bridgehead atoms. The summed E-state index contributed by atoms with van der Waals surface area (Å²) in [5.74, 6) is -0.285. The molecule has 2 aliphatic carbocycles. The molecule has 1 aromatic heterocycles. The number of hydrogen-bond acceptors (Lipinski definition) is 5. The molecule has 1 aliphatic heterocycles. The van der Waals surface area contributed by atoms with Crippen LogP contribution in [0.25, 0.3) is 0 Å². The largest absolute Gasteiger partial charge is 0.416 e. The van der Waals surface area contributed by atoms with E-state index < -0.39 is 23.5 Å². The highest BCUT2D eigenvalue weighted by Gasteiger charge is 2.35. The average molecular weight is 506 g/mol. The lowest BCUT2D eigenvalue weighted by atomic mass is 9.95. The minimum Gasteiger partial charge on any atom is -0.353 e. The van der Waals surface area contributed by atoms with E-state index in [9.17, 15) is 22.4 Å². The summed E-state index contributed by atoms with van der Waals surface area (Å²) in [6.45, 7) is 5.13. The van der Waals surface area contributed by atoms with Crippen LogP contribution in [0.1, 0.15) is 60.4 Å². The number of hydrogen-bond donors (Lipinski definition) is 1. The molecule has 2 fully saturated rings. The number of aryl methyl sites for hydroxylation is 1. The fraction of sp³-hybridized carbons (Fsp3) is 0.577. The number of alkyl halides is 3. The number of rotatable bonds is 7. The van der Waals surface area contributed by atoms with Gasteiger partial charge in [-0.1, -0.05) is 13.0 Å². The van der Waals surface area contributed by atoms with Gasteiger partial charge in [0.15, 0.2) is 0 Å². The molecule has 2 unspecified atom stereocenters. The number of piperazine rings is 1. The quantitative estimate of drug-likeness (QED) is 0.574. The topological polar surface area (TPSA) is 61.4 Å². The molecule has 0 radical (unpaired) electrons. The Labute approximate surface area is 208 Å². The molecule has 194 valence electrons. The zero-order valence-corrected chi connectivity index (χ0v) is 20.3. The zero-order chi connectivity index (χ0) is 25.4. The first-order valence-electron chi connectivity index (χ1n) is 12.7. The van der Waals surface area contributed by atoms with Gasteiger partial charge in [0.25, 0.3) is 0 Å². The van der Waals surface area contributed by atoms with Gasteiger partial charge in [-0.25, -0.2) is 14.4 Å². The predicted molar refractivity (Wildman–Crippen MR) is 127 cm³/mol. The number of anilines is 1. The van der Waals surface area contributed by atoms with Crippen molar-refractivity contribution in [3.05, 3.63) is 52.7 Å². The number of nitrogens with one attached hydrogen (secondary N) is 1. The average Bonchev–Trinajstić information content (AvgIpc) is 3.61. The van der Waals surface area contributed by atoms with Gasteiger partial charge in [-0.2, -0.15) is 13.2 Å². The van der Waals surface area contributed by atoms with Gasteiger partial charge < -0.3 is 15.1 Å². The van der Waals surface area contributed by atoms with Gasteiger partial charge in [-0.15, -0.1) is 0 Å². The van der Waals surface area contributed by atoms with E-state index >= 15 is 0 Å². The van der Waals surface area contributed by atoms with Crippen LogP contribution in [0.4, 0.5) is 23.4 Å². The molecule has 2 atom stereocenters. The molecule has 10 heteroatoms. The fourth-order valence-corrected chi connectivity index (χ4v) is 5.30. The number of carbonyl (C=O) groups is 1. The summed E-state index contributed by atoms with van der Waals surface area (Å²) in [6, 6.07) is 2.46. The fourth-order valence-electron chi connectivity index (χ4n) is 5.30. The SMILES string of the molecule is CC1CCc2ncnc(N3CCN(C(=O)C(CNCC4CC4)c4ccc(C(F)(F)F)cc4F)CC3)c21. The van der Waals surface area contributed by atoms with Crippen molar-refractivity contribution in [1.29, 1.82) is 0 Å². The van der Waals surface area contributed by atoms with Crippen molar-refractivity contribution in [2.75, 3.05) is 44.2 Å². The van der Waals surface area contributed by atoms with E-state index in [1.807, 2.05) is 0 Å². The standard InChI is InChI=1S/C26H31F4N5O/c1-16-2-7-22-23(16)24(33-15-32-22)34-8-10-35(11-9-34)25(36)20(14-31-13-17-3-4-17)19-6-5-18(12-21(19)27)26(28,29)30/h5-6,12,15-17,20,31H,2-4,7-11,13-14H2,1H3. The number of halogens is 4. The van der Waals surface area contributed by atoms with Gasteiger partial charge in [0.05, 0.1) is 11.5 Å². The minimum atomic E-state index is -4.64. The molecule has 36 heavy (non-hydrogen) atoms. The molecular weight excluding hydrogens is 474 g/mol. The molecule has 1 saturated carbocycles. The van der Waals surface area contributed by atoms with Crippen LogP contribution < -0.4 is 10.2 Å². The van der Waals surface area contributed by atoms with E-state index in [0.29, 0.717) is 44.1 Å². The maximum atomic E-state index is 14.9. The van der Waals surface area contributed by atoms with Crippen LogP contribution in [-0.4, -0.2) is 60.0 Å². The van der Waals surface area contributed by atoms with Gasteiger partial charge in [0.2, 0.25) is 5.91 Å². The van der Waals surface area contributed by atoms with Crippen molar-refractivity contribution in [2.45, 2.75) is 50.6 Å². The third-order valence-corrected chi connectivity index (χ3v) is 7.62. The van der Waals surface area contributed by atoms with Crippen LogP contribution >= 0.6 is 0 Å². The zero-order valence-electron chi connectivity index (χ0n) is 20.3. The molecular formula is C26H31F4N5O. The summed E-state index contributed by atoms with van der Waals surface area (Å²) in [7, 11) is 0. The number of fused-ring (bicyclic) bond motifs is 1. The summed E-state index contributed by atoms with van der Waals surface area (Å²) in [6.07, 6.45) is 1.18. The van der Waals surface area contributed by atoms with E-state index in [4.69, 9.17) is 0 Å². The number of nitrogens with zero attached hydrogens (tertiary/aromatic N) is 4. The van der Waals surface area contributed by atoms with Crippen LogP contribution in [0.15, 0.2) is 24.5 Å². The Morgan fingerprint density at radius 2 is 1.89 bits per heavy atom. The lowest BCUT2D eigenvalue weighted by Crippen LogP contribution is -2.51. The Balaban J connectivity index is 1.31. The first-order chi connectivity index (χ1) is 17.2. The number of benzene rings is 1. The summed E-state index contributed by atoms with van der Waals surface area (Å²) >= 11 is 0. The minimum absolute atomic E-state index is 0.00108. The first kappa shape index (κ1) is 24.9. The van der Waals surface area contributed by atoms with E-state index in [1.54, 1.807) is 11.2 Å². The maximum absolute atomic E-state index is 14.9. The highest BCUT2D eigenvalue weighted by molar-refractivity contribution is 5.84. The number of amides is 1. The Hall–Kier alpha value is -2.75. The van der Waals surface area contributed by atoms with Crippen molar-refractivity contribution in [1.82, 2.24) is 20.2 Å². The normalized spacial score (nSPS) is 21.0. The van der Waals surface area contributed by atoms with E-state index in [0.717, 1.165) is 55.9 Å². The van der Waals surface area contributed by atoms with Gasteiger partial charge in [0, 0.05) is 49.5 Å². The summed E-state index contributed by atoms with van der Waals surface area (Å²) in [5, 5.41) is 3.24. The Morgan fingerprint density at radius 3 is 2.56 bits per heavy atom. The summed E-state index contributed by atoms with van der Waals surface area (Å²) in [5.41, 5.74) is 1.22. The van der Waals surface area contributed by atoms with Crippen LogP contribution in [0.3, 0.4) is 0 Å². The molecule has 1 N–H and O–H groups in total. The number of carbonyl (C=O) groups excluding carboxylic acids is 1. The molecule has 2 aromatic rings. The van der Waals surface area contributed by atoms with E-state index in [2.05, 4.69) is 27.1 Å². The van der Waals surface area contributed by atoms with Crippen molar-refractivity contribution in [2.24, 2.45) is 5.92 Å². The Bertz CT molecular complexity index is 1110. The van der Waals surface area contributed by atoms with Crippen molar-refractivity contribution < 1.29 is 22.4 Å². The molecule has 1 saturated heterocycles.